The summed E-state index contributed by atoms with van der Waals surface area (Å²) in [7, 11) is 0. The molecule has 0 saturated heterocycles. The second-order valence-corrected chi connectivity index (χ2v) is 4.88. The average Bonchev–Trinajstić information content (AvgIpc) is 2.60. The van der Waals surface area contributed by atoms with Crippen molar-refractivity contribution in [1.82, 2.24) is 14.4 Å². The Morgan fingerprint density at radius 1 is 1.25 bits per heavy atom. The van der Waals surface area contributed by atoms with Crippen molar-refractivity contribution in [3.8, 4) is 5.88 Å². The molecule has 0 amide bonds. The second-order valence-electron chi connectivity index (χ2n) is 4.88. The Balaban J connectivity index is 1.79. The van der Waals surface area contributed by atoms with Crippen LogP contribution in [-0.4, -0.2) is 26.9 Å². The zero-order valence-corrected chi connectivity index (χ0v) is 13.0. The molecule has 0 fully saturated rings. The van der Waals surface area contributed by atoms with Crippen molar-refractivity contribution in [2.75, 3.05) is 6.61 Å². The van der Waals surface area contributed by atoms with Gasteiger partial charge >= 0.3 is 5.97 Å². The minimum Gasteiger partial charge on any atom is -0.477 e. The molecule has 24 heavy (non-hydrogen) atoms. The van der Waals surface area contributed by atoms with Gasteiger partial charge in [-0.05, 0) is 31.2 Å². The molecule has 0 atom stereocenters. The molecule has 7 heteroatoms. The summed E-state index contributed by atoms with van der Waals surface area (Å²) in [5, 5.41) is 0. The molecule has 0 saturated carbocycles. The number of fused-ring (bicyclic) bond motifs is 1. The number of nitrogens with zero attached hydrogens (tertiary/aromatic N) is 3. The maximum atomic E-state index is 12.2. The average molecular weight is 325 g/mol. The van der Waals surface area contributed by atoms with E-state index in [1.54, 1.807) is 43.5 Å². The van der Waals surface area contributed by atoms with Gasteiger partial charge in [0, 0.05) is 18.5 Å². The number of carbonyl (C=O) groups excluding carboxylic acids is 1. The van der Waals surface area contributed by atoms with E-state index in [0.717, 1.165) is 0 Å². The van der Waals surface area contributed by atoms with Crippen LogP contribution in [0, 0.1) is 0 Å². The molecule has 0 spiro atoms. The van der Waals surface area contributed by atoms with E-state index in [1.807, 2.05) is 0 Å². The SMILES string of the molecule is CCOc1ncccc1C(=O)OCc1cc(=O)n2ccccc2n1. The molecule has 0 N–H and O–H groups in total. The Morgan fingerprint density at radius 3 is 2.96 bits per heavy atom. The van der Waals surface area contributed by atoms with Gasteiger partial charge in [0.25, 0.3) is 5.56 Å². The third kappa shape index (κ3) is 3.24. The number of carbonyl (C=O) groups is 1. The lowest BCUT2D eigenvalue weighted by atomic mass is 10.3. The van der Waals surface area contributed by atoms with Crippen molar-refractivity contribution in [1.29, 1.82) is 0 Å². The predicted octanol–water partition coefficient (Wildman–Crippen LogP) is 1.85. The minimum absolute atomic E-state index is 0.111. The Labute approximate surface area is 137 Å². The highest BCUT2D eigenvalue weighted by Crippen LogP contribution is 2.16. The van der Waals surface area contributed by atoms with Crippen molar-refractivity contribution in [2.24, 2.45) is 0 Å². The van der Waals surface area contributed by atoms with Crippen molar-refractivity contribution >= 4 is 11.6 Å². The van der Waals surface area contributed by atoms with Crippen LogP contribution < -0.4 is 10.3 Å². The van der Waals surface area contributed by atoms with Crippen LogP contribution in [0.25, 0.3) is 5.65 Å². The summed E-state index contributed by atoms with van der Waals surface area (Å²) in [6.45, 7) is 2.08. The second kappa shape index (κ2) is 6.91. The fourth-order valence-corrected chi connectivity index (χ4v) is 2.19. The first-order valence-electron chi connectivity index (χ1n) is 7.41. The molecule has 7 nitrogen and oxygen atoms in total. The minimum atomic E-state index is -0.582. The number of esters is 1. The molecule has 0 bridgehead atoms. The zero-order chi connectivity index (χ0) is 16.9. The molecule has 122 valence electrons. The number of hydrogen-bond acceptors (Lipinski definition) is 6. The number of hydrogen-bond donors (Lipinski definition) is 0. The third-order valence-electron chi connectivity index (χ3n) is 3.25. The van der Waals surface area contributed by atoms with Crippen molar-refractivity contribution in [3.63, 3.8) is 0 Å². The number of rotatable bonds is 5. The Hall–Kier alpha value is -3.22. The summed E-state index contributed by atoms with van der Waals surface area (Å²) >= 11 is 0. The van der Waals surface area contributed by atoms with Crippen LogP contribution in [0.15, 0.2) is 53.6 Å². The lowest BCUT2D eigenvalue weighted by molar-refractivity contribution is 0.0462. The predicted molar refractivity (Wildman–Crippen MR) is 86.0 cm³/mol. The fourth-order valence-electron chi connectivity index (χ4n) is 2.19. The largest absolute Gasteiger partial charge is 0.477 e. The van der Waals surface area contributed by atoms with Gasteiger partial charge < -0.3 is 9.47 Å². The quantitative estimate of drug-likeness (QED) is 0.666. The number of ether oxygens (including phenoxy) is 2. The van der Waals surface area contributed by atoms with Gasteiger partial charge in [0.1, 0.15) is 17.8 Å². The van der Waals surface area contributed by atoms with E-state index in [2.05, 4.69) is 9.97 Å². The molecule has 0 unspecified atom stereocenters. The van der Waals surface area contributed by atoms with E-state index in [0.29, 0.717) is 17.9 Å². The lowest BCUT2D eigenvalue weighted by Crippen LogP contribution is -2.16. The fraction of sp³-hybridized carbons (Fsp3) is 0.176. The molecule has 0 radical (unpaired) electrons. The van der Waals surface area contributed by atoms with E-state index < -0.39 is 5.97 Å². The zero-order valence-electron chi connectivity index (χ0n) is 13.0. The van der Waals surface area contributed by atoms with Gasteiger partial charge in [-0.2, -0.15) is 0 Å². The summed E-state index contributed by atoms with van der Waals surface area (Å²) in [5.74, 6) is -0.363. The van der Waals surface area contributed by atoms with Crippen LogP contribution in [0.2, 0.25) is 0 Å². The van der Waals surface area contributed by atoms with Gasteiger partial charge in [-0.3, -0.25) is 9.20 Å². The van der Waals surface area contributed by atoms with Crippen molar-refractivity contribution < 1.29 is 14.3 Å². The molecule has 0 aliphatic carbocycles. The molecular formula is C17H15N3O4. The Morgan fingerprint density at radius 2 is 2.12 bits per heavy atom. The molecule has 3 aromatic heterocycles. The summed E-state index contributed by atoms with van der Waals surface area (Å²) in [6, 6.07) is 9.77. The maximum Gasteiger partial charge on any atom is 0.344 e. The van der Waals surface area contributed by atoms with Gasteiger partial charge in [0.15, 0.2) is 0 Å². The smallest absolute Gasteiger partial charge is 0.344 e. The van der Waals surface area contributed by atoms with Crippen LogP contribution in [0.3, 0.4) is 0 Å². The number of aromatic nitrogens is 3. The van der Waals surface area contributed by atoms with Crippen molar-refractivity contribution in [2.45, 2.75) is 13.5 Å². The first-order valence-corrected chi connectivity index (χ1v) is 7.41. The van der Waals surface area contributed by atoms with Crippen LogP contribution in [0.5, 0.6) is 5.88 Å². The topological polar surface area (TPSA) is 82.8 Å². The highest BCUT2D eigenvalue weighted by molar-refractivity contribution is 5.91. The Kier molecular flexibility index (Phi) is 4.51. The maximum absolute atomic E-state index is 12.2. The van der Waals surface area contributed by atoms with Crippen LogP contribution in [0.4, 0.5) is 0 Å². The van der Waals surface area contributed by atoms with E-state index >= 15 is 0 Å². The van der Waals surface area contributed by atoms with E-state index in [-0.39, 0.29) is 23.6 Å². The van der Waals surface area contributed by atoms with Gasteiger partial charge in [-0.25, -0.2) is 14.8 Å². The Bertz CT molecular complexity index is 936. The van der Waals surface area contributed by atoms with Gasteiger partial charge in [0.05, 0.1) is 12.3 Å². The molecule has 0 aliphatic rings. The molecule has 0 aromatic carbocycles. The summed E-state index contributed by atoms with van der Waals surface area (Å²) < 4.78 is 12.0. The van der Waals surface area contributed by atoms with Gasteiger partial charge in [-0.1, -0.05) is 6.07 Å². The van der Waals surface area contributed by atoms with Crippen molar-refractivity contribution in [3.05, 3.63) is 70.4 Å². The first kappa shape index (κ1) is 15.7. The summed E-state index contributed by atoms with van der Waals surface area (Å²) in [6.07, 6.45) is 3.16. The molecule has 3 rings (SSSR count). The lowest BCUT2D eigenvalue weighted by Gasteiger charge is -2.09. The number of pyridine rings is 2. The van der Waals surface area contributed by atoms with Crippen LogP contribution in [-0.2, 0) is 11.3 Å². The normalized spacial score (nSPS) is 10.5. The monoisotopic (exact) mass is 325 g/mol. The molecule has 3 aromatic rings. The third-order valence-corrected chi connectivity index (χ3v) is 3.25. The summed E-state index contributed by atoms with van der Waals surface area (Å²) in [4.78, 5) is 32.5. The molecule has 0 aliphatic heterocycles. The van der Waals surface area contributed by atoms with E-state index in [9.17, 15) is 9.59 Å². The molecule has 3 heterocycles. The van der Waals surface area contributed by atoms with Gasteiger partial charge in [0.2, 0.25) is 5.88 Å². The van der Waals surface area contributed by atoms with Gasteiger partial charge in [-0.15, -0.1) is 0 Å². The standard InChI is InChI=1S/C17H15N3O4/c1-2-23-16-13(6-5-8-18-16)17(22)24-11-12-10-15(21)20-9-4-3-7-14(20)19-12/h3-10H,2,11H2,1H3. The van der Waals surface area contributed by atoms with Crippen LogP contribution in [0.1, 0.15) is 23.0 Å². The highest BCUT2D eigenvalue weighted by atomic mass is 16.5. The van der Waals surface area contributed by atoms with E-state index in [4.69, 9.17) is 9.47 Å². The highest BCUT2D eigenvalue weighted by Gasteiger charge is 2.15. The first-order chi connectivity index (χ1) is 11.7. The summed E-state index contributed by atoms with van der Waals surface area (Å²) in [5.41, 5.74) is 0.869. The molecular weight excluding hydrogens is 310 g/mol. The van der Waals surface area contributed by atoms with Crippen LogP contribution >= 0.6 is 0 Å². The van der Waals surface area contributed by atoms with E-state index in [1.165, 1.54) is 16.7 Å².